The number of anilines is 2. The molecule has 1 fully saturated rings. The molecule has 0 aliphatic carbocycles. The van der Waals surface area contributed by atoms with Gasteiger partial charge in [0, 0.05) is 59.3 Å². The number of halogens is 1. The Hall–Kier alpha value is -2.19. The maximum atomic E-state index is 12.7. The van der Waals surface area contributed by atoms with E-state index in [1.807, 2.05) is 48.5 Å². The van der Waals surface area contributed by atoms with Crippen LogP contribution >= 0.6 is 11.6 Å². The lowest BCUT2D eigenvalue weighted by Gasteiger charge is -2.26. The predicted molar refractivity (Wildman–Crippen MR) is 122 cm³/mol. The van der Waals surface area contributed by atoms with Crippen molar-refractivity contribution in [1.82, 2.24) is 4.98 Å². The van der Waals surface area contributed by atoms with Gasteiger partial charge in [0.15, 0.2) is 0 Å². The number of hydrogen-bond acceptors (Lipinski definition) is 6. The molecule has 0 amide bonds. The normalized spacial score (nSPS) is 24.2. The molecule has 1 aromatic heterocycles. The summed E-state index contributed by atoms with van der Waals surface area (Å²) in [7, 11) is -1.02. The molecule has 3 atom stereocenters. The fourth-order valence-electron chi connectivity index (χ4n) is 4.24. The number of aliphatic hydroxyl groups excluding tert-OH is 1. The maximum absolute atomic E-state index is 12.7. The number of fused-ring (bicyclic) bond motifs is 2. The molecule has 3 heterocycles. The SMILES string of the molecule is NC1CN(c2cc(N3CCS(=O)c4ccccc4C3)nc3ccc(Cl)cc23)CC1O. The minimum atomic E-state index is -1.02. The van der Waals surface area contributed by atoms with Gasteiger partial charge in [0.1, 0.15) is 5.82 Å². The second-order valence-corrected chi connectivity index (χ2v) is 9.85. The number of benzene rings is 2. The highest BCUT2D eigenvalue weighted by Crippen LogP contribution is 2.35. The van der Waals surface area contributed by atoms with Gasteiger partial charge in [-0.2, -0.15) is 0 Å². The summed E-state index contributed by atoms with van der Waals surface area (Å²) in [5, 5.41) is 11.8. The van der Waals surface area contributed by atoms with Gasteiger partial charge in [-0.3, -0.25) is 4.21 Å². The van der Waals surface area contributed by atoms with E-state index in [0.717, 1.165) is 32.9 Å². The molecule has 2 aromatic carbocycles. The van der Waals surface area contributed by atoms with Gasteiger partial charge in [-0.15, -0.1) is 0 Å². The Morgan fingerprint density at radius 1 is 1.13 bits per heavy atom. The fraction of sp³-hybridized carbons (Fsp3) is 0.318. The van der Waals surface area contributed by atoms with E-state index in [0.29, 0.717) is 37.0 Å². The van der Waals surface area contributed by atoms with Gasteiger partial charge in [-0.1, -0.05) is 29.8 Å². The van der Waals surface area contributed by atoms with Crippen molar-refractivity contribution in [3.8, 4) is 0 Å². The second kappa shape index (κ2) is 7.81. The van der Waals surface area contributed by atoms with Crippen molar-refractivity contribution in [1.29, 1.82) is 0 Å². The zero-order valence-electron chi connectivity index (χ0n) is 16.4. The van der Waals surface area contributed by atoms with Gasteiger partial charge in [0.2, 0.25) is 0 Å². The highest BCUT2D eigenvalue weighted by atomic mass is 35.5. The summed E-state index contributed by atoms with van der Waals surface area (Å²) < 4.78 is 12.7. The third-order valence-corrected chi connectivity index (χ3v) is 7.54. The topological polar surface area (TPSA) is 82.7 Å². The van der Waals surface area contributed by atoms with Gasteiger partial charge in [0.25, 0.3) is 0 Å². The molecular weight excluding hydrogens is 420 g/mol. The van der Waals surface area contributed by atoms with Gasteiger partial charge >= 0.3 is 0 Å². The predicted octanol–water partition coefficient (Wildman–Crippen LogP) is 2.52. The van der Waals surface area contributed by atoms with E-state index in [2.05, 4.69) is 9.80 Å². The van der Waals surface area contributed by atoms with Crippen LogP contribution in [0.1, 0.15) is 5.56 Å². The number of nitrogens with zero attached hydrogens (tertiary/aromatic N) is 3. The van der Waals surface area contributed by atoms with Crippen LogP contribution in [0, 0.1) is 0 Å². The Balaban J connectivity index is 1.60. The lowest BCUT2D eigenvalue weighted by atomic mass is 10.1. The summed E-state index contributed by atoms with van der Waals surface area (Å²) in [6, 6.07) is 15.3. The van der Waals surface area contributed by atoms with Crippen molar-refractivity contribution >= 4 is 44.8 Å². The molecule has 6 nitrogen and oxygen atoms in total. The van der Waals surface area contributed by atoms with Crippen LogP contribution in [-0.2, 0) is 17.3 Å². The molecule has 0 radical (unpaired) electrons. The summed E-state index contributed by atoms with van der Waals surface area (Å²) in [5.74, 6) is 1.38. The van der Waals surface area contributed by atoms with E-state index in [9.17, 15) is 9.32 Å². The molecule has 0 bridgehead atoms. The number of aliphatic hydroxyl groups is 1. The van der Waals surface area contributed by atoms with E-state index >= 15 is 0 Å². The zero-order valence-corrected chi connectivity index (χ0v) is 17.9. The third-order valence-electron chi connectivity index (χ3n) is 5.86. The number of nitrogens with two attached hydrogens (primary N) is 1. The van der Waals surface area contributed by atoms with Crippen molar-refractivity contribution < 1.29 is 9.32 Å². The minimum Gasteiger partial charge on any atom is -0.390 e. The molecule has 2 aliphatic heterocycles. The summed E-state index contributed by atoms with van der Waals surface area (Å²) in [5.41, 5.74) is 8.93. The summed E-state index contributed by atoms with van der Waals surface area (Å²) in [6.07, 6.45) is -0.566. The van der Waals surface area contributed by atoms with Crippen LogP contribution in [-0.4, -0.2) is 51.8 Å². The smallest absolute Gasteiger partial charge is 0.131 e. The van der Waals surface area contributed by atoms with Crippen LogP contribution < -0.4 is 15.5 Å². The molecule has 30 heavy (non-hydrogen) atoms. The lowest BCUT2D eigenvalue weighted by Crippen LogP contribution is -2.32. The highest BCUT2D eigenvalue weighted by molar-refractivity contribution is 7.85. The Morgan fingerprint density at radius 2 is 1.97 bits per heavy atom. The lowest BCUT2D eigenvalue weighted by molar-refractivity contribution is 0.180. The molecule has 0 saturated carbocycles. The van der Waals surface area contributed by atoms with E-state index in [1.165, 1.54) is 0 Å². The van der Waals surface area contributed by atoms with Crippen molar-refractivity contribution in [2.75, 3.05) is 35.2 Å². The van der Waals surface area contributed by atoms with E-state index in [-0.39, 0.29) is 6.04 Å². The highest BCUT2D eigenvalue weighted by Gasteiger charge is 2.30. The third kappa shape index (κ3) is 3.56. The van der Waals surface area contributed by atoms with Crippen LogP contribution in [0.25, 0.3) is 10.9 Å². The van der Waals surface area contributed by atoms with Crippen LogP contribution in [0.15, 0.2) is 53.4 Å². The first kappa shape index (κ1) is 19.8. The Morgan fingerprint density at radius 3 is 2.77 bits per heavy atom. The first-order chi connectivity index (χ1) is 14.5. The quantitative estimate of drug-likeness (QED) is 0.634. The van der Waals surface area contributed by atoms with Crippen LogP contribution in [0.2, 0.25) is 5.02 Å². The first-order valence-electron chi connectivity index (χ1n) is 10.00. The number of pyridine rings is 1. The van der Waals surface area contributed by atoms with Crippen LogP contribution in [0.4, 0.5) is 11.5 Å². The summed E-state index contributed by atoms with van der Waals surface area (Å²) >= 11 is 6.27. The van der Waals surface area contributed by atoms with Crippen molar-refractivity contribution in [3.63, 3.8) is 0 Å². The molecule has 2 aliphatic rings. The molecular formula is C22H23ClN4O2S. The molecule has 156 valence electrons. The Kier molecular flexibility index (Phi) is 5.14. The monoisotopic (exact) mass is 442 g/mol. The van der Waals surface area contributed by atoms with Crippen LogP contribution in [0.5, 0.6) is 0 Å². The zero-order chi connectivity index (χ0) is 20.8. The van der Waals surface area contributed by atoms with Crippen molar-refractivity contribution in [2.45, 2.75) is 23.6 Å². The first-order valence-corrected chi connectivity index (χ1v) is 11.7. The van der Waals surface area contributed by atoms with Gasteiger partial charge in [0.05, 0.1) is 28.1 Å². The number of aromatic nitrogens is 1. The van der Waals surface area contributed by atoms with E-state index < -0.39 is 16.9 Å². The standard InChI is InChI=1S/C22H23ClN4O2S/c23-15-5-6-18-16(9-15)19(27-12-17(24)20(28)13-27)10-22(25-18)26-7-8-30(29)21-4-2-1-3-14(21)11-26/h1-6,9-10,17,20,28H,7-8,11-13,24H2. The molecule has 3 N–H and O–H groups in total. The second-order valence-electron chi connectivity index (χ2n) is 7.88. The summed E-state index contributed by atoms with van der Waals surface area (Å²) in [6.45, 7) is 2.34. The van der Waals surface area contributed by atoms with Gasteiger partial charge in [-0.25, -0.2) is 4.98 Å². The van der Waals surface area contributed by atoms with E-state index in [4.69, 9.17) is 22.3 Å². The average molecular weight is 443 g/mol. The van der Waals surface area contributed by atoms with Crippen molar-refractivity contribution in [2.24, 2.45) is 5.73 Å². The molecule has 5 rings (SSSR count). The van der Waals surface area contributed by atoms with Gasteiger partial charge in [-0.05, 0) is 29.8 Å². The van der Waals surface area contributed by atoms with E-state index in [1.54, 1.807) is 0 Å². The number of β-amino-alcohol motifs (C(OH)–C–C–N with tert-alkyl or cyclic N) is 1. The molecule has 3 unspecified atom stereocenters. The average Bonchev–Trinajstić information content (AvgIpc) is 2.98. The number of rotatable bonds is 2. The fourth-order valence-corrected chi connectivity index (χ4v) is 5.67. The Labute approximate surface area is 182 Å². The minimum absolute atomic E-state index is 0.289. The van der Waals surface area contributed by atoms with Crippen molar-refractivity contribution in [3.05, 3.63) is 59.1 Å². The summed E-state index contributed by atoms with van der Waals surface area (Å²) in [4.78, 5) is 10.1. The number of hydrogen-bond donors (Lipinski definition) is 2. The molecule has 0 spiro atoms. The van der Waals surface area contributed by atoms with Crippen LogP contribution in [0.3, 0.4) is 0 Å². The maximum Gasteiger partial charge on any atom is 0.131 e. The van der Waals surface area contributed by atoms with Gasteiger partial charge < -0.3 is 20.6 Å². The molecule has 1 saturated heterocycles. The molecule has 8 heteroatoms. The molecule has 3 aromatic rings. The Bertz CT molecular complexity index is 1130. The largest absolute Gasteiger partial charge is 0.390 e.